The van der Waals surface area contributed by atoms with Crippen molar-refractivity contribution in [1.29, 1.82) is 0 Å². The third-order valence-electron chi connectivity index (χ3n) is 6.15. The Kier molecular flexibility index (Phi) is 7.53. The van der Waals surface area contributed by atoms with Gasteiger partial charge in [0.1, 0.15) is 17.5 Å². The van der Waals surface area contributed by atoms with E-state index in [1.807, 2.05) is 6.07 Å². The average Bonchev–Trinajstić information content (AvgIpc) is 3.05. The number of hydrogen-bond acceptors (Lipinski definition) is 4. The van der Waals surface area contributed by atoms with Crippen LogP contribution in [0.5, 0.6) is 0 Å². The standard InChI is InChI=1S/C27H30F2N4O/c1-19(2)21-6-4-20(5-7-21)18-32-12-3-13-33(15-14-32)26-11-9-23(17-30-26)31-27(34)24-10-8-22(28)16-25(24)29/h4-11,16-17,19H,3,12-15,18H2,1-2H3,(H,31,34). The van der Waals surface area contributed by atoms with Crippen molar-refractivity contribution in [3.8, 4) is 0 Å². The quantitative estimate of drug-likeness (QED) is 0.527. The minimum Gasteiger partial charge on any atom is -0.355 e. The number of nitrogens with zero attached hydrogens (tertiary/aromatic N) is 3. The van der Waals surface area contributed by atoms with Crippen LogP contribution in [0.25, 0.3) is 0 Å². The van der Waals surface area contributed by atoms with Gasteiger partial charge in [-0.25, -0.2) is 13.8 Å². The molecule has 0 aliphatic carbocycles. The molecule has 34 heavy (non-hydrogen) atoms. The van der Waals surface area contributed by atoms with Gasteiger partial charge in [0.25, 0.3) is 5.91 Å². The van der Waals surface area contributed by atoms with E-state index in [0.717, 1.165) is 57.1 Å². The van der Waals surface area contributed by atoms with Gasteiger partial charge in [-0.1, -0.05) is 38.1 Å². The molecule has 1 aliphatic heterocycles. The van der Waals surface area contributed by atoms with Gasteiger partial charge in [-0.05, 0) is 47.7 Å². The van der Waals surface area contributed by atoms with E-state index in [-0.39, 0.29) is 5.56 Å². The van der Waals surface area contributed by atoms with E-state index in [1.54, 1.807) is 12.3 Å². The third-order valence-corrected chi connectivity index (χ3v) is 6.15. The number of amides is 1. The smallest absolute Gasteiger partial charge is 0.258 e. The summed E-state index contributed by atoms with van der Waals surface area (Å²) in [6, 6.07) is 15.4. The van der Waals surface area contributed by atoms with Crippen LogP contribution in [0.1, 0.15) is 47.7 Å². The fourth-order valence-electron chi connectivity index (χ4n) is 4.14. The lowest BCUT2D eigenvalue weighted by molar-refractivity contribution is 0.102. The highest BCUT2D eigenvalue weighted by Gasteiger charge is 2.17. The molecule has 7 heteroatoms. The van der Waals surface area contributed by atoms with Gasteiger partial charge in [0.15, 0.2) is 0 Å². The molecule has 1 amide bonds. The van der Waals surface area contributed by atoms with E-state index in [0.29, 0.717) is 17.7 Å². The Labute approximate surface area is 199 Å². The summed E-state index contributed by atoms with van der Waals surface area (Å²) in [6.07, 6.45) is 2.60. The van der Waals surface area contributed by atoms with Gasteiger partial charge in [0.05, 0.1) is 17.4 Å². The number of benzene rings is 2. The van der Waals surface area contributed by atoms with Gasteiger partial charge in [0.2, 0.25) is 0 Å². The summed E-state index contributed by atoms with van der Waals surface area (Å²) in [5.41, 5.74) is 2.93. The van der Waals surface area contributed by atoms with E-state index < -0.39 is 17.5 Å². The van der Waals surface area contributed by atoms with Crippen LogP contribution >= 0.6 is 0 Å². The molecule has 1 saturated heterocycles. The number of anilines is 2. The predicted octanol–water partition coefficient (Wildman–Crippen LogP) is 5.45. The normalized spacial score (nSPS) is 14.8. The van der Waals surface area contributed by atoms with Crippen LogP contribution in [0.15, 0.2) is 60.8 Å². The molecule has 1 fully saturated rings. The summed E-state index contributed by atoms with van der Waals surface area (Å²) in [6.45, 7) is 9.09. The van der Waals surface area contributed by atoms with Crippen LogP contribution in [0.2, 0.25) is 0 Å². The highest BCUT2D eigenvalue weighted by Crippen LogP contribution is 2.20. The number of aromatic nitrogens is 1. The Balaban J connectivity index is 1.32. The topological polar surface area (TPSA) is 48.5 Å². The van der Waals surface area contributed by atoms with Crippen molar-refractivity contribution in [3.63, 3.8) is 0 Å². The van der Waals surface area contributed by atoms with Gasteiger partial charge < -0.3 is 10.2 Å². The first-order valence-corrected chi connectivity index (χ1v) is 11.7. The highest BCUT2D eigenvalue weighted by atomic mass is 19.1. The summed E-state index contributed by atoms with van der Waals surface area (Å²) in [4.78, 5) is 21.5. The fraction of sp³-hybridized carbons (Fsp3) is 0.333. The van der Waals surface area contributed by atoms with Crippen molar-refractivity contribution in [3.05, 3.63) is 89.1 Å². The van der Waals surface area contributed by atoms with Gasteiger partial charge in [-0.3, -0.25) is 9.69 Å². The minimum absolute atomic E-state index is 0.211. The Morgan fingerprint density at radius 3 is 2.47 bits per heavy atom. The molecule has 0 unspecified atom stereocenters. The SMILES string of the molecule is CC(C)c1ccc(CN2CCCN(c3ccc(NC(=O)c4ccc(F)cc4F)cn3)CC2)cc1. The monoisotopic (exact) mass is 464 g/mol. The zero-order valence-electron chi connectivity index (χ0n) is 19.6. The van der Waals surface area contributed by atoms with E-state index in [2.05, 4.69) is 58.2 Å². The number of rotatable bonds is 6. The first kappa shape index (κ1) is 23.8. The Morgan fingerprint density at radius 2 is 1.79 bits per heavy atom. The van der Waals surface area contributed by atoms with E-state index in [9.17, 15) is 13.6 Å². The van der Waals surface area contributed by atoms with Crippen LogP contribution in [-0.2, 0) is 6.54 Å². The van der Waals surface area contributed by atoms with E-state index in [4.69, 9.17) is 0 Å². The first-order chi connectivity index (χ1) is 16.4. The predicted molar refractivity (Wildman–Crippen MR) is 131 cm³/mol. The summed E-state index contributed by atoms with van der Waals surface area (Å²) >= 11 is 0. The molecule has 1 aliphatic rings. The molecular formula is C27H30F2N4O. The van der Waals surface area contributed by atoms with Crippen molar-refractivity contribution in [2.75, 3.05) is 36.4 Å². The number of nitrogens with one attached hydrogen (secondary N) is 1. The average molecular weight is 465 g/mol. The molecule has 0 saturated carbocycles. The maximum absolute atomic E-state index is 13.8. The van der Waals surface area contributed by atoms with Crippen LogP contribution in [0.4, 0.5) is 20.3 Å². The van der Waals surface area contributed by atoms with Crippen molar-refractivity contribution in [2.24, 2.45) is 0 Å². The number of pyridine rings is 1. The first-order valence-electron chi connectivity index (χ1n) is 11.7. The molecule has 0 radical (unpaired) electrons. The molecule has 4 rings (SSSR count). The lowest BCUT2D eigenvalue weighted by Gasteiger charge is -2.23. The van der Waals surface area contributed by atoms with Crippen molar-refractivity contribution >= 4 is 17.4 Å². The van der Waals surface area contributed by atoms with E-state index >= 15 is 0 Å². The second-order valence-corrected chi connectivity index (χ2v) is 9.00. The van der Waals surface area contributed by atoms with Gasteiger partial charge >= 0.3 is 0 Å². The molecule has 0 bridgehead atoms. The molecule has 0 spiro atoms. The molecule has 3 aromatic rings. The second kappa shape index (κ2) is 10.7. The lowest BCUT2D eigenvalue weighted by Crippen LogP contribution is -2.31. The zero-order chi connectivity index (χ0) is 24.1. The van der Waals surface area contributed by atoms with Crippen molar-refractivity contribution in [2.45, 2.75) is 32.7 Å². The number of halogens is 2. The minimum atomic E-state index is -0.896. The molecule has 1 N–H and O–H groups in total. The highest BCUT2D eigenvalue weighted by molar-refractivity contribution is 6.04. The molecular weight excluding hydrogens is 434 g/mol. The Hall–Kier alpha value is -3.32. The fourth-order valence-corrected chi connectivity index (χ4v) is 4.14. The van der Waals surface area contributed by atoms with Gasteiger partial charge in [-0.2, -0.15) is 0 Å². The van der Waals surface area contributed by atoms with Crippen LogP contribution < -0.4 is 10.2 Å². The molecule has 0 atom stereocenters. The molecule has 178 valence electrons. The lowest BCUT2D eigenvalue weighted by atomic mass is 10.0. The summed E-state index contributed by atoms with van der Waals surface area (Å²) in [5, 5.41) is 2.62. The number of hydrogen-bond donors (Lipinski definition) is 1. The molecule has 1 aromatic heterocycles. The van der Waals surface area contributed by atoms with Gasteiger partial charge in [0, 0.05) is 38.8 Å². The van der Waals surface area contributed by atoms with Crippen LogP contribution in [0.3, 0.4) is 0 Å². The van der Waals surface area contributed by atoms with Crippen LogP contribution in [-0.4, -0.2) is 42.0 Å². The van der Waals surface area contributed by atoms with E-state index in [1.165, 1.54) is 11.1 Å². The van der Waals surface area contributed by atoms with Crippen molar-refractivity contribution < 1.29 is 13.6 Å². The maximum Gasteiger partial charge on any atom is 0.258 e. The summed E-state index contributed by atoms with van der Waals surface area (Å²) in [7, 11) is 0. The number of carbonyl (C=O) groups is 1. The Bertz CT molecular complexity index is 1120. The largest absolute Gasteiger partial charge is 0.355 e. The maximum atomic E-state index is 13.8. The molecule has 2 aromatic carbocycles. The summed E-state index contributed by atoms with van der Waals surface area (Å²) < 4.78 is 26.9. The second-order valence-electron chi connectivity index (χ2n) is 9.00. The Morgan fingerprint density at radius 1 is 1.00 bits per heavy atom. The number of carbonyl (C=O) groups excluding carboxylic acids is 1. The summed E-state index contributed by atoms with van der Waals surface area (Å²) in [5.74, 6) is -0.878. The van der Waals surface area contributed by atoms with Crippen LogP contribution in [0, 0.1) is 11.6 Å². The van der Waals surface area contributed by atoms with Gasteiger partial charge in [-0.15, -0.1) is 0 Å². The molecule has 2 heterocycles. The third kappa shape index (κ3) is 5.97. The van der Waals surface area contributed by atoms with Crippen molar-refractivity contribution in [1.82, 2.24) is 9.88 Å². The zero-order valence-corrected chi connectivity index (χ0v) is 19.6. The molecule has 5 nitrogen and oxygen atoms in total.